The maximum absolute atomic E-state index is 12.8. The first-order chi connectivity index (χ1) is 14.9. The number of thiazole rings is 1. The third-order valence-electron chi connectivity index (χ3n) is 4.79. The zero-order valence-corrected chi connectivity index (χ0v) is 18.6. The number of hydrogen-bond donors (Lipinski definition) is 2. The fraction of sp³-hybridized carbons (Fsp3) is 0.200. The Kier molecular flexibility index (Phi) is 6.15. The van der Waals surface area contributed by atoms with E-state index in [1.54, 1.807) is 40.6 Å². The number of rotatable bonds is 7. The van der Waals surface area contributed by atoms with E-state index in [0.717, 1.165) is 5.56 Å². The van der Waals surface area contributed by atoms with Gasteiger partial charge in [0, 0.05) is 41.8 Å². The van der Waals surface area contributed by atoms with Gasteiger partial charge in [0.15, 0.2) is 11.2 Å². The van der Waals surface area contributed by atoms with Crippen molar-refractivity contribution in [1.29, 1.82) is 0 Å². The standard InChI is InChI=1S/C20H19ClN4O4S2/c21-17-11-15(4-1-13(17)12-22)29-18-7-9-25(19(18)26)14-2-5-16(6-3-14)31(27,28)24-20-23-8-10-30-20/h1-6,8,10-11,18H,7,9,12,22H2,(H,23,24). The Morgan fingerprint density at radius 2 is 2.03 bits per heavy atom. The molecule has 1 aliphatic rings. The summed E-state index contributed by atoms with van der Waals surface area (Å²) in [7, 11) is -3.75. The van der Waals surface area contributed by atoms with E-state index in [1.165, 1.54) is 29.7 Å². The van der Waals surface area contributed by atoms with Gasteiger partial charge in [-0.3, -0.25) is 9.52 Å². The van der Waals surface area contributed by atoms with Crippen LogP contribution in [-0.2, 0) is 21.4 Å². The van der Waals surface area contributed by atoms with Crippen molar-refractivity contribution in [3.05, 3.63) is 64.6 Å². The molecule has 4 rings (SSSR count). The second-order valence-corrected chi connectivity index (χ2v) is 9.76. The molecule has 162 valence electrons. The van der Waals surface area contributed by atoms with Crippen molar-refractivity contribution < 1.29 is 17.9 Å². The molecule has 1 unspecified atom stereocenters. The summed E-state index contributed by atoms with van der Waals surface area (Å²) in [6, 6.07) is 11.3. The Labute approximate surface area is 188 Å². The molecule has 1 amide bonds. The average Bonchev–Trinajstić information content (AvgIpc) is 3.38. The van der Waals surface area contributed by atoms with Crippen molar-refractivity contribution in [2.24, 2.45) is 5.73 Å². The molecule has 0 aliphatic carbocycles. The van der Waals surface area contributed by atoms with Crippen LogP contribution in [0, 0.1) is 0 Å². The highest BCUT2D eigenvalue weighted by Gasteiger charge is 2.34. The monoisotopic (exact) mass is 478 g/mol. The molecule has 1 fully saturated rings. The number of sulfonamides is 1. The van der Waals surface area contributed by atoms with Crippen LogP contribution in [0.5, 0.6) is 5.75 Å². The Bertz CT molecular complexity index is 1180. The minimum absolute atomic E-state index is 0.0838. The van der Waals surface area contributed by atoms with E-state index in [1.807, 2.05) is 0 Å². The van der Waals surface area contributed by atoms with E-state index in [-0.39, 0.29) is 10.8 Å². The topological polar surface area (TPSA) is 115 Å². The molecule has 1 aromatic heterocycles. The zero-order valence-electron chi connectivity index (χ0n) is 16.2. The van der Waals surface area contributed by atoms with Gasteiger partial charge in [-0.1, -0.05) is 17.7 Å². The van der Waals surface area contributed by atoms with Gasteiger partial charge in [-0.15, -0.1) is 11.3 Å². The lowest BCUT2D eigenvalue weighted by atomic mass is 10.2. The molecule has 3 N–H and O–H groups in total. The summed E-state index contributed by atoms with van der Waals surface area (Å²) in [6.45, 7) is 0.780. The number of nitrogens with zero attached hydrogens (tertiary/aromatic N) is 2. The van der Waals surface area contributed by atoms with Crippen molar-refractivity contribution in [3.63, 3.8) is 0 Å². The molecule has 1 aliphatic heterocycles. The lowest BCUT2D eigenvalue weighted by Crippen LogP contribution is -2.32. The minimum atomic E-state index is -3.75. The Hall–Kier alpha value is -2.66. The summed E-state index contributed by atoms with van der Waals surface area (Å²) in [5.41, 5.74) is 7.01. The Morgan fingerprint density at radius 1 is 1.26 bits per heavy atom. The molecular weight excluding hydrogens is 460 g/mol. The molecule has 3 aromatic rings. The SMILES string of the molecule is NCc1ccc(OC2CCN(c3ccc(S(=O)(=O)Nc4nccs4)cc3)C2=O)cc1Cl. The second kappa shape index (κ2) is 8.83. The third kappa shape index (κ3) is 4.67. The smallest absolute Gasteiger partial charge is 0.268 e. The fourth-order valence-corrected chi connectivity index (χ4v) is 5.24. The summed E-state index contributed by atoms with van der Waals surface area (Å²) in [5, 5.41) is 2.46. The quantitative estimate of drug-likeness (QED) is 0.538. The van der Waals surface area contributed by atoms with Crippen LogP contribution in [0.25, 0.3) is 0 Å². The maximum atomic E-state index is 12.8. The van der Waals surface area contributed by atoms with Gasteiger partial charge in [0.25, 0.3) is 15.9 Å². The number of anilines is 2. The van der Waals surface area contributed by atoms with Crippen LogP contribution < -0.4 is 20.1 Å². The Balaban J connectivity index is 1.44. The van der Waals surface area contributed by atoms with Crippen molar-refractivity contribution in [1.82, 2.24) is 4.98 Å². The number of benzene rings is 2. The van der Waals surface area contributed by atoms with Crippen molar-refractivity contribution in [2.75, 3.05) is 16.2 Å². The van der Waals surface area contributed by atoms with Crippen LogP contribution in [-0.4, -0.2) is 32.0 Å². The fourth-order valence-electron chi connectivity index (χ4n) is 3.20. The van der Waals surface area contributed by atoms with E-state index in [9.17, 15) is 13.2 Å². The van der Waals surface area contributed by atoms with Gasteiger partial charge in [-0.05, 0) is 42.0 Å². The second-order valence-electron chi connectivity index (χ2n) is 6.78. The lowest BCUT2D eigenvalue weighted by molar-refractivity contribution is -0.122. The lowest BCUT2D eigenvalue weighted by Gasteiger charge is -2.18. The number of nitrogens with one attached hydrogen (secondary N) is 1. The van der Waals surface area contributed by atoms with Gasteiger partial charge >= 0.3 is 0 Å². The van der Waals surface area contributed by atoms with E-state index in [4.69, 9.17) is 22.1 Å². The maximum Gasteiger partial charge on any atom is 0.268 e. The molecule has 8 nitrogen and oxygen atoms in total. The van der Waals surface area contributed by atoms with E-state index < -0.39 is 16.1 Å². The van der Waals surface area contributed by atoms with Crippen molar-refractivity contribution >= 4 is 49.7 Å². The van der Waals surface area contributed by atoms with Gasteiger partial charge < -0.3 is 15.4 Å². The van der Waals surface area contributed by atoms with Gasteiger partial charge in [0.2, 0.25) is 0 Å². The number of aromatic nitrogens is 1. The highest BCUT2D eigenvalue weighted by molar-refractivity contribution is 7.93. The number of carbonyl (C=O) groups is 1. The minimum Gasteiger partial charge on any atom is -0.480 e. The van der Waals surface area contributed by atoms with Gasteiger partial charge in [0.1, 0.15) is 5.75 Å². The molecule has 0 bridgehead atoms. The first-order valence-electron chi connectivity index (χ1n) is 9.36. The molecule has 1 atom stereocenters. The summed E-state index contributed by atoms with van der Waals surface area (Å²) >= 11 is 7.35. The largest absolute Gasteiger partial charge is 0.480 e. The van der Waals surface area contributed by atoms with Crippen LogP contribution in [0.2, 0.25) is 5.02 Å². The summed E-state index contributed by atoms with van der Waals surface area (Å²) in [4.78, 5) is 18.4. The summed E-state index contributed by atoms with van der Waals surface area (Å²) < 4.78 is 33.2. The molecule has 31 heavy (non-hydrogen) atoms. The zero-order chi connectivity index (χ0) is 22.0. The van der Waals surface area contributed by atoms with E-state index >= 15 is 0 Å². The Morgan fingerprint density at radius 3 is 2.68 bits per heavy atom. The molecule has 0 radical (unpaired) electrons. The highest BCUT2D eigenvalue weighted by atomic mass is 35.5. The van der Waals surface area contributed by atoms with Gasteiger partial charge in [-0.2, -0.15) is 0 Å². The van der Waals surface area contributed by atoms with Crippen LogP contribution in [0.15, 0.2) is 58.9 Å². The normalized spacial score (nSPS) is 16.5. The number of carbonyl (C=O) groups excluding carboxylic acids is 1. The molecule has 0 spiro atoms. The predicted molar refractivity (Wildman–Crippen MR) is 120 cm³/mol. The van der Waals surface area contributed by atoms with Gasteiger partial charge in [0.05, 0.1) is 4.90 Å². The number of ether oxygens (including phenoxy) is 1. The molecule has 1 saturated heterocycles. The highest BCUT2D eigenvalue weighted by Crippen LogP contribution is 2.28. The van der Waals surface area contributed by atoms with Crippen molar-refractivity contribution in [2.45, 2.75) is 24.0 Å². The average molecular weight is 479 g/mol. The number of halogens is 1. The van der Waals surface area contributed by atoms with Gasteiger partial charge in [-0.25, -0.2) is 13.4 Å². The summed E-state index contributed by atoms with van der Waals surface area (Å²) in [5.74, 6) is 0.299. The van der Waals surface area contributed by atoms with Crippen LogP contribution in [0.3, 0.4) is 0 Å². The first kappa shape index (κ1) is 21.6. The summed E-state index contributed by atoms with van der Waals surface area (Å²) in [6.07, 6.45) is 1.37. The molecule has 2 aromatic carbocycles. The van der Waals surface area contributed by atoms with E-state index in [0.29, 0.717) is 41.1 Å². The van der Waals surface area contributed by atoms with Crippen LogP contribution in [0.1, 0.15) is 12.0 Å². The number of nitrogens with two attached hydrogens (primary N) is 1. The third-order valence-corrected chi connectivity index (χ3v) is 7.32. The molecule has 11 heteroatoms. The van der Waals surface area contributed by atoms with E-state index in [2.05, 4.69) is 9.71 Å². The first-order valence-corrected chi connectivity index (χ1v) is 12.1. The van der Waals surface area contributed by atoms with Crippen LogP contribution >= 0.6 is 22.9 Å². The molecular formula is C20H19ClN4O4S2. The number of amides is 1. The van der Waals surface area contributed by atoms with Crippen molar-refractivity contribution in [3.8, 4) is 5.75 Å². The number of hydrogen-bond acceptors (Lipinski definition) is 7. The predicted octanol–water partition coefficient (Wildman–Crippen LogP) is 3.24. The van der Waals surface area contributed by atoms with Crippen LogP contribution in [0.4, 0.5) is 10.8 Å². The molecule has 2 heterocycles. The molecule has 0 saturated carbocycles.